The van der Waals surface area contributed by atoms with Crippen molar-refractivity contribution in [3.05, 3.63) is 65.5 Å². The molecule has 0 bridgehead atoms. The van der Waals surface area contributed by atoms with Crippen LogP contribution in [0.3, 0.4) is 0 Å². The number of methoxy groups -OCH3 is 1. The molecule has 3 aromatic rings. The van der Waals surface area contributed by atoms with Crippen molar-refractivity contribution >= 4 is 5.91 Å². The third kappa shape index (κ3) is 5.06. The lowest BCUT2D eigenvalue weighted by Gasteiger charge is -2.10. The molecule has 2 aromatic heterocycles. The molecule has 0 saturated heterocycles. The standard InChI is InChI=1S/C21H21FN4O4/c1-4-29-20-8-6-16(13(2)24-20)18-10-23-11-19(25-18)21(27)26-30-12-14-9-15(28-3)5-7-17(14)22/h5-11H,4,12H2,1-3H3,(H,26,27). The van der Waals surface area contributed by atoms with E-state index in [2.05, 4.69) is 20.4 Å². The Morgan fingerprint density at radius 2 is 2.00 bits per heavy atom. The molecule has 1 amide bonds. The number of halogens is 1. The zero-order valence-corrected chi connectivity index (χ0v) is 16.8. The molecule has 2 heterocycles. The topological polar surface area (TPSA) is 95.5 Å². The fraction of sp³-hybridized carbons (Fsp3) is 0.238. The van der Waals surface area contributed by atoms with Crippen LogP contribution in [0.2, 0.25) is 0 Å². The summed E-state index contributed by atoms with van der Waals surface area (Å²) in [7, 11) is 1.48. The molecule has 0 atom stereocenters. The van der Waals surface area contributed by atoms with Crippen LogP contribution in [0.4, 0.5) is 4.39 Å². The Morgan fingerprint density at radius 1 is 1.17 bits per heavy atom. The number of nitrogens with zero attached hydrogens (tertiary/aromatic N) is 3. The highest BCUT2D eigenvalue weighted by molar-refractivity contribution is 5.91. The van der Waals surface area contributed by atoms with E-state index in [1.165, 1.54) is 37.7 Å². The van der Waals surface area contributed by atoms with Crippen LogP contribution in [0.5, 0.6) is 11.6 Å². The van der Waals surface area contributed by atoms with Crippen LogP contribution in [0, 0.1) is 12.7 Å². The van der Waals surface area contributed by atoms with E-state index >= 15 is 0 Å². The summed E-state index contributed by atoms with van der Waals surface area (Å²) in [6, 6.07) is 7.79. The van der Waals surface area contributed by atoms with E-state index in [4.69, 9.17) is 14.3 Å². The second kappa shape index (κ2) is 9.75. The van der Waals surface area contributed by atoms with Crippen molar-refractivity contribution < 1.29 is 23.5 Å². The van der Waals surface area contributed by atoms with Gasteiger partial charge in [-0.25, -0.2) is 19.8 Å². The van der Waals surface area contributed by atoms with Crippen LogP contribution in [0.1, 0.15) is 28.7 Å². The maximum Gasteiger partial charge on any atom is 0.295 e. The largest absolute Gasteiger partial charge is 0.497 e. The Bertz CT molecular complexity index is 1050. The average Bonchev–Trinajstić information content (AvgIpc) is 2.75. The summed E-state index contributed by atoms with van der Waals surface area (Å²) in [5.41, 5.74) is 4.43. The molecule has 0 radical (unpaired) electrons. The number of benzene rings is 1. The van der Waals surface area contributed by atoms with Crippen molar-refractivity contribution in [1.82, 2.24) is 20.4 Å². The average molecular weight is 412 g/mol. The summed E-state index contributed by atoms with van der Waals surface area (Å²) >= 11 is 0. The van der Waals surface area contributed by atoms with Crippen LogP contribution in [-0.4, -0.2) is 34.6 Å². The fourth-order valence-electron chi connectivity index (χ4n) is 2.66. The number of pyridine rings is 1. The summed E-state index contributed by atoms with van der Waals surface area (Å²) in [5, 5.41) is 0. The van der Waals surface area contributed by atoms with E-state index in [9.17, 15) is 9.18 Å². The van der Waals surface area contributed by atoms with Crippen molar-refractivity contribution in [1.29, 1.82) is 0 Å². The molecule has 0 saturated carbocycles. The van der Waals surface area contributed by atoms with Gasteiger partial charge in [0.05, 0.1) is 37.5 Å². The van der Waals surface area contributed by atoms with Gasteiger partial charge >= 0.3 is 0 Å². The molecule has 0 spiro atoms. The van der Waals surface area contributed by atoms with Gasteiger partial charge in [0.25, 0.3) is 5.91 Å². The summed E-state index contributed by atoms with van der Waals surface area (Å²) < 4.78 is 24.3. The van der Waals surface area contributed by atoms with Gasteiger partial charge in [0.15, 0.2) is 0 Å². The molecule has 1 N–H and O–H groups in total. The minimum absolute atomic E-state index is 0.0481. The number of amides is 1. The van der Waals surface area contributed by atoms with E-state index in [1.54, 1.807) is 12.1 Å². The minimum atomic E-state index is -0.607. The van der Waals surface area contributed by atoms with Gasteiger partial charge in [-0.05, 0) is 38.1 Å². The van der Waals surface area contributed by atoms with Crippen molar-refractivity contribution in [2.24, 2.45) is 0 Å². The second-order valence-corrected chi connectivity index (χ2v) is 6.18. The Balaban J connectivity index is 1.68. The Labute approximate surface area is 173 Å². The quantitative estimate of drug-likeness (QED) is 0.568. The van der Waals surface area contributed by atoms with E-state index < -0.39 is 11.7 Å². The van der Waals surface area contributed by atoms with E-state index in [-0.39, 0.29) is 17.9 Å². The number of ether oxygens (including phenoxy) is 2. The summed E-state index contributed by atoms with van der Waals surface area (Å²) in [6.07, 6.45) is 2.85. The summed E-state index contributed by atoms with van der Waals surface area (Å²) in [4.78, 5) is 30.2. The first-order valence-electron chi connectivity index (χ1n) is 9.19. The molecule has 0 unspecified atom stereocenters. The Hall–Kier alpha value is -3.59. The number of nitrogens with one attached hydrogen (secondary N) is 1. The van der Waals surface area contributed by atoms with Gasteiger partial charge in [-0.15, -0.1) is 0 Å². The van der Waals surface area contributed by atoms with Gasteiger partial charge in [-0.1, -0.05) is 0 Å². The zero-order chi connectivity index (χ0) is 21.5. The number of hydrogen-bond donors (Lipinski definition) is 1. The fourth-order valence-corrected chi connectivity index (χ4v) is 2.66. The molecular formula is C21H21FN4O4. The van der Waals surface area contributed by atoms with Crippen LogP contribution < -0.4 is 15.0 Å². The van der Waals surface area contributed by atoms with Crippen LogP contribution in [-0.2, 0) is 11.4 Å². The summed E-state index contributed by atoms with van der Waals surface area (Å²) in [6.45, 7) is 4.03. The van der Waals surface area contributed by atoms with Gasteiger partial charge in [0.1, 0.15) is 23.9 Å². The Morgan fingerprint density at radius 3 is 2.73 bits per heavy atom. The summed E-state index contributed by atoms with van der Waals surface area (Å²) in [5.74, 6) is -0.0764. The van der Waals surface area contributed by atoms with Crippen molar-refractivity contribution in [3.63, 3.8) is 0 Å². The van der Waals surface area contributed by atoms with E-state index in [1.807, 2.05) is 13.8 Å². The first-order valence-corrected chi connectivity index (χ1v) is 9.19. The Kier molecular flexibility index (Phi) is 6.87. The predicted molar refractivity (Wildman–Crippen MR) is 106 cm³/mol. The zero-order valence-electron chi connectivity index (χ0n) is 16.8. The number of carbonyl (C=O) groups excluding carboxylic acids is 1. The van der Waals surface area contributed by atoms with Crippen molar-refractivity contribution in [3.8, 4) is 22.9 Å². The lowest BCUT2D eigenvalue weighted by molar-refractivity contribution is 0.0219. The normalized spacial score (nSPS) is 10.5. The number of aromatic nitrogens is 3. The van der Waals surface area contributed by atoms with Crippen LogP contribution in [0.25, 0.3) is 11.3 Å². The maximum atomic E-state index is 13.8. The number of aryl methyl sites for hydroxylation is 1. The van der Waals surface area contributed by atoms with E-state index in [0.717, 1.165) is 5.56 Å². The van der Waals surface area contributed by atoms with Gasteiger partial charge in [-0.2, -0.15) is 0 Å². The molecular weight excluding hydrogens is 391 g/mol. The second-order valence-electron chi connectivity index (χ2n) is 6.18. The van der Waals surface area contributed by atoms with Gasteiger partial charge in [0, 0.05) is 17.2 Å². The van der Waals surface area contributed by atoms with E-state index in [0.29, 0.717) is 29.6 Å². The van der Waals surface area contributed by atoms with Crippen molar-refractivity contribution in [2.45, 2.75) is 20.5 Å². The molecule has 1 aromatic carbocycles. The highest BCUT2D eigenvalue weighted by atomic mass is 19.1. The number of carbonyl (C=O) groups is 1. The lowest BCUT2D eigenvalue weighted by atomic mass is 10.1. The third-order valence-electron chi connectivity index (χ3n) is 4.14. The molecule has 3 rings (SSSR count). The van der Waals surface area contributed by atoms with Crippen LogP contribution in [0.15, 0.2) is 42.7 Å². The lowest BCUT2D eigenvalue weighted by Crippen LogP contribution is -2.25. The molecule has 156 valence electrons. The minimum Gasteiger partial charge on any atom is -0.497 e. The smallest absolute Gasteiger partial charge is 0.295 e. The van der Waals surface area contributed by atoms with Gasteiger partial charge in [-0.3, -0.25) is 14.6 Å². The highest BCUT2D eigenvalue weighted by Crippen LogP contribution is 2.22. The number of rotatable bonds is 8. The number of hydroxylamine groups is 1. The van der Waals surface area contributed by atoms with Crippen molar-refractivity contribution in [2.75, 3.05) is 13.7 Å². The highest BCUT2D eigenvalue weighted by Gasteiger charge is 2.13. The molecule has 0 aliphatic heterocycles. The molecule has 0 aliphatic rings. The molecule has 0 aliphatic carbocycles. The first kappa shape index (κ1) is 21.1. The SMILES string of the molecule is CCOc1ccc(-c2cncc(C(=O)NOCc3cc(OC)ccc3F)n2)c(C)n1. The molecule has 9 heteroatoms. The number of hydrogen-bond acceptors (Lipinski definition) is 7. The molecule has 30 heavy (non-hydrogen) atoms. The molecule has 0 fully saturated rings. The van der Waals surface area contributed by atoms with Gasteiger partial charge < -0.3 is 9.47 Å². The maximum absolute atomic E-state index is 13.8. The van der Waals surface area contributed by atoms with Gasteiger partial charge in [0.2, 0.25) is 5.88 Å². The predicted octanol–water partition coefficient (Wildman–Crippen LogP) is 3.26. The third-order valence-corrected chi connectivity index (χ3v) is 4.14. The van der Waals surface area contributed by atoms with Crippen LogP contribution >= 0.6 is 0 Å². The molecule has 8 nitrogen and oxygen atoms in total. The monoisotopic (exact) mass is 412 g/mol. The first-order chi connectivity index (χ1) is 14.5.